The maximum absolute atomic E-state index is 12.7. The predicted molar refractivity (Wildman–Crippen MR) is 110 cm³/mol. The van der Waals surface area contributed by atoms with E-state index < -0.39 is 5.97 Å². The van der Waals surface area contributed by atoms with Crippen molar-refractivity contribution in [3.05, 3.63) is 64.0 Å². The largest absolute Gasteiger partial charge is 0.482 e. The highest BCUT2D eigenvalue weighted by Gasteiger charge is 2.12. The lowest BCUT2D eigenvalue weighted by Crippen LogP contribution is -2.20. The summed E-state index contributed by atoms with van der Waals surface area (Å²) in [5.74, 6) is 0.644. The number of ether oxygens (including phenoxy) is 3. The molecule has 0 saturated carbocycles. The van der Waals surface area contributed by atoms with Crippen molar-refractivity contribution in [3.63, 3.8) is 0 Å². The molecular weight excluding hydrogens is 372 g/mol. The summed E-state index contributed by atoms with van der Waals surface area (Å²) in [6.45, 7) is 7.46. The van der Waals surface area contributed by atoms with Crippen LogP contribution in [0, 0.1) is 13.8 Å². The molecule has 0 radical (unpaired) electrons. The van der Waals surface area contributed by atoms with Crippen molar-refractivity contribution in [3.8, 4) is 17.2 Å². The van der Waals surface area contributed by atoms with Crippen LogP contribution in [-0.2, 0) is 9.53 Å². The van der Waals surface area contributed by atoms with Gasteiger partial charge in [-0.05, 0) is 62.6 Å². The van der Waals surface area contributed by atoms with Crippen LogP contribution in [0.3, 0.4) is 0 Å². The zero-order valence-electron chi connectivity index (χ0n) is 17.0. The Morgan fingerprint density at radius 2 is 1.79 bits per heavy atom. The highest BCUT2D eigenvalue weighted by Crippen LogP contribution is 2.25. The Morgan fingerprint density at radius 3 is 2.48 bits per heavy atom. The molecule has 6 heteroatoms. The fraction of sp³-hybridized carbons (Fsp3) is 0.304. The van der Waals surface area contributed by atoms with E-state index >= 15 is 0 Å². The first kappa shape index (κ1) is 20.5. The van der Waals surface area contributed by atoms with Gasteiger partial charge in [-0.25, -0.2) is 4.79 Å². The van der Waals surface area contributed by atoms with E-state index in [9.17, 15) is 9.59 Å². The Kier molecular flexibility index (Phi) is 6.22. The van der Waals surface area contributed by atoms with E-state index in [2.05, 4.69) is 0 Å². The number of fused-ring (bicyclic) bond motifs is 1. The molecule has 0 N–H and O–H groups in total. The summed E-state index contributed by atoms with van der Waals surface area (Å²) in [5, 5.41) is 0.362. The number of esters is 1. The Hall–Kier alpha value is -3.28. The van der Waals surface area contributed by atoms with Gasteiger partial charge in [-0.15, -0.1) is 0 Å². The smallest absolute Gasteiger partial charge is 0.344 e. The predicted octanol–water partition coefficient (Wildman–Crippen LogP) is 4.92. The van der Waals surface area contributed by atoms with Gasteiger partial charge in [0.05, 0.1) is 11.5 Å². The SMILES string of the molecule is CCC(C)OC(=O)COc1ccc2c(=O)c(Oc3cc(C)cc(C)c3)coc2c1. The molecule has 0 spiro atoms. The normalized spacial score (nSPS) is 11.9. The van der Waals surface area contributed by atoms with E-state index in [0.717, 1.165) is 17.5 Å². The van der Waals surface area contributed by atoms with E-state index in [1.807, 2.05) is 45.9 Å². The summed E-state index contributed by atoms with van der Waals surface area (Å²) in [4.78, 5) is 24.5. The molecule has 1 aromatic heterocycles. The van der Waals surface area contributed by atoms with Crippen molar-refractivity contribution < 1.29 is 23.4 Å². The van der Waals surface area contributed by atoms with Crippen LogP contribution in [-0.4, -0.2) is 18.7 Å². The van der Waals surface area contributed by atoms with Gasteiger partial charge < -0.3 is 18.6 Å². The summed E-state index contributed by atoms with van der Waals surface area (Å²) in [6, 6.07) is 10.5. The zero-order chi connectivity index (χ0) is 21.0. The minimum absolute atomic E-state index is 0.105. The lowest BCUT2D eigenvalue weighted by molar-refractivity contribution is -0.150. The Labute approximate surface area is 169 Å². The van der Waals surface area contributed by atoms with Crippen LogP contribution in [0.1, 0.15) is 31.4 Å². The standard InChI is InChI=1S/C23H24O6/c1-5-16(4)28-22(24)13-26-17-6-7-19-20(11-17)27-12-21(23(19)25)29-18-9-14(2)8-15(3)10-18/h6-12,16H,5,13H2,1-4H3. The van der Waals surface area contributed by atoms with Crippen molar-refractivity contribution in [2.24, 2.45) is 0 Å². The van der Waals surface area contributed by atoms with Crippen molar-refractivity contribution in [2.75, 3.05) is 6.61 Å². The van der Waals surface area contributed by atoms with Crippen molar-refractivity contribution in [2.45, 2.75) is 40.2 Å². The average Bonchev–Trinajstić information content (AvgIpc) is 2.67. The van der Waals surface area contributed by atoms with Crippen molar-refractivity contribution in [1.82, 2.24) is 0 Å². The van der Waals surface area contributed by atoms with Gasteiger partial charge in [0.2, 0.25) is 11.2 Å². The van der Waals surface area contributed by atoms with Gasteiger partial charge >= 0.3 is 5.97 Å². The molecule has 1 heterocycles. The maximum atomic E-state index is 12.7. The average molecular weight is 396 g/mol. The van der Waals surface area contributed by atoms with Crippen LogP contribution in [0.15, 0.2) is 51.9 Å². The first-order valence-corrected chi connectivity index (χ1v) is 9.49. The first-order chi connectivity index (χ1) is 13.9. The summed E-state index contributed by atoms with van der Waals surface area (Å²) in [6.07, 6.45) is 1.86. The molecule has 3 aromatic rings. The number of carbonyl (C=O) groups excluding carboxylic acids is 1. The zero-order valence-corrected chi connectivity index (χ0v) is 17.0. The number of aryl methyl sites for hydroxylation is 2. The van der Waals surface area contributed by atoms with E-state index in [4.69, 9.17) is 18.6 Å². The molecule has 0 aliphatic rings. The number of hydrogen-bond acceptors (Lipinski definition) is 6. The molecule has 0 aliphatic heterocycles. The summed E-state index contributed by atoms with van der Waals surface area (Å²) >= 11 is 0. The van der Waals surface area contributed by atoms with Crippen molar-refractivity contribution >= 4 is 16.9 Å². The summed E-state index contributed by atoms with van der Waals surface area (Å²) < 4.78 is 21.9. The molecule has 1 atom stereocenters. The van der Waals surface area contributed by atoms with Gasteiger partial charge in [-0.1, -0.05) is 13.0 Å². The second-order valence-corrected chi connectivity index (χ2v) is 7.01. The monoisotopic (exact) mass is 396 g/mol. The highest BCUT2D eigenvalue weighted by atomic mass is 16.6. The van der Waals surface area contributed by atoms with Crippen LogP contribution in [0.25, 0.3) is 11.0 Å². The summed E-state index contributed by atoms with van der Waals surface area (Å²) in [5.41, 5.74) is 2.14. The Morgan fingerprint density at radius 1 is 1.07 bits per heavy atom. The third-order valence-electron chi connectivity index (χ3n) is 4.40. The van der Waals surface area contributed by atoms with Gasteiger partial charge in [0, 0.05) is 6.07 Å². The van der Waals surface area contributed by atoms with E-state index in [-0.39, 0.29) is 23.9 Å². The molecule has 29 heavy (non-hydrogen) atoms. The van der Waals surface area contributed by atoms with Gasteiger partial charge in [0.1, 0.15) is 23.3 Å². The molecule has 2 aromatic carbocycles. The summed E-state index contributed by atoms with van der Waals surface area (Å²) in [7, 11) is 0. The third kappa shape index (κ3) is 5.16. The van der Waals surface area contributed by atoms with Crippen molar-refractivity contribution in [1.29, 1.82) is 0 Å². The lowest BCUT2D eigenvalue weighted by Gasteiger charge is -2.11. The molecular formula is C23H24O6. The van der Waals surface area contributed by atoms with Gasteiger partial charge in [-0.3, -0.25) is 4.79 Å². The van der Waals surface area contributed by atoms with E-state index in [0.29, 0.717) is 22.5 Å². The minimum Gasteiger partial charge on any atom is -0.482 e. The number of carbonyl (C=O) groups is 1. The quantitative estimate of drug-likeness (QED) is 0.528. The van der Waals surface area contributed by atoms with Crippen LogP contribution >= 0.6 is 0 Å². The van der Waals surface area contributed by atoms with E-state index in [1.54, 1.807) is 18.2 Å². The highest BCUT2D eigenvalue weighted by molar-refractivity contribution is 5.79. The minimum atomic E-state index is -0.446. The van der Waals surface area contributed by atoms with Crippen LogP contribution < -0.4 is 14.9 Å². The Balaban J connectivity index is 1.77. The fourth-order valence-corrected chi connectivity index (χ4v) is 2.85. The molecule has 0 bridgehead atoms. The van der Waals surface area contributed by atoms with Crippen LogP contribution in [0.4, 0.5) is 0 Å². The number of benzene rings is 2. The second-order valence-electron chi connectivity index (χ2n) is 7.01. The molecule has 3 rings (SSSR count). The van der Waals surface area contributed by atoms with Crippen LogP contribution in [0.5, 0.6) is 17.2 Å². The molecule has 0 fully saturated rings. The molecule has 0 aliphatic carbocycles. The third-order valence-corrected chi connectivity index (χ3v) is 4.40. The Bertz CT molecular complexity index is 1060. The molecule has 1 unspecified atom stereocenters. The topological polar surface area (TPSA) is 75.0 Å². The van der Waals surface area contributed by atoms with Gasteiger partial charge in [-0.2, -0.15) is 0 Å². The number of rotatable bonds is 7. The first-order valence-electron chi connectivity index (χ1n) is 9.49. The second kappa shape index (κ2) is 8.82. The molecule has 6 nitrogen and oxygen atoms in total. The molecule has 152 valence electrons. The van der Waals surface area contributed by atoms with Gasteiger partial charge in [0.25, 0.3) is 0 Å². The number of hydrogen-bond donors (Lipinski definition) is 0. The molecule has 0 saturated heterocycles. The van der Waals surface area contributed by atoms with Crippen LogP contribution in [0.2, 0.25) is 0 Å². The fourth-order valence-electron chi connectivity index (χ4n) is 2.85. The lowest BCUT2D eigenvalue weighted by atomic mass is 10.1. The van der Waals surface area contributed by atoms with E-state index in [1.165, 1.54) is 6.26 Å². The van der Waals surface area contributed by atoms with Gasteiger partial charge in [0.15, 0.2) is 6.61 Å². The maximum Gasteiger partial charge on any atom is 0.344 e. The molecule has 0 amide bonds.